The molecule has 0 aromatic rings. The molecule has 3 saturated heterocycles. The number of alkyl halides is 1. The van der Waals surface area contributed by atoms with Crippen LogP contribution in [0.15, 0.2) is 0 Å². The van der Waals surface area contributed by atoms with Crippen LogP contribution in [-0.2, 0) is 9.47 Å². The molecule has 0 radical (unpaired) electrons. The molecule has 2 bridgehead atoms. The van der Waals surface area contributed by atoms with E-state index in [0.29, 0.717) is 0 Å². The number of aliphatic hydroxyl groups excluding tert-OH is 2. The monoisotopic (exact) mass is 412 g/mol. The second-order valence-corrected chi connectivity index (χ2v) is 8.66. The van der Waals surface area contributed by atoms with E-state index >= 15 is 0 Å². The molecule has 2 N–H and O–H groups in total. The molecule has 0 amide bonds. The Kier molecular flexibility index (Phi) is 5.62. The van der Waals surface area contributed by atoms with Crippen molar-refractivity contribution in [3.63, 3.8) is 0 Å². The fourth-order valence-corrected chi connectivity index (χ4v) is 4.55. The quantitative estimate of drug-likeness (QED) is 0.514. The topological polar surface area (TPSA) is 58.9 Å². The zero-order valence-corrected chi connectivity index (χ0v) is 15.7. The summed E-state index contributed by atoms with van der Waals surface area (Å²) < 4.78 is 12.8. The Hall–Kier alpha value is 0.570. The van der Waals surface area contributed by atoms with Gasteiger partial charge >= 0.3 is 0 Å². The number of hydrogen-bond donors (Lipinski definition) is 2. The van der Waals surface area contributed by atoms with E-state index in [1.165, 1.54) is 0 Å². The molecule has 3 rings (SSSR count). The summed E-state index contributed by atoms with van der Waals surface area (Å²) in [4.78, 5) is 0. The Morgan fingerprint density at radius 2 is 1.67 bits per heavy atom. The van der Waals surface area contributed by atoms with Crippen molar-refractivity contribution in [1.29, 1.82) is 0 Å². The third kappa shape index (κ3) is 3.91. The van der Waals surface area contributed by atoms with Crippen molar-refractivity contribution in [1.82, 2.24) is 0 Å². The SMILES string of the molecule is CC1(C)CCCCC(C)(C)C2C(CI)OC(O1)C(O)C2O. The molecular formula is C16H29IO4. The van der Waals surface area contributed by atoms with E-state index in [2.05, 4.69) is 36.4 Å². The summed E-state index contributed by atoms with van der Waals surface area (Å²) in [7, 11) is 0. The predicted molar refractivity (Wildman–Crippen MR) is 90.5 cm³/mol. The van der Waals surface area contributed by atoms with Crippen LogP contribution in [0.5, 0.6) is 0 Å². The van der Waals surface area contributed by atoms with Gasteiger partial charge in [0.15, 0.2) is 6.29 Å². The highest BCUT2D eigenvalue weighted by Crippen LogP contribution is 2.44. The van der Waals surface area contributed by atoms with Gasteiger partial charge in [-0.2, -0.15) is 0 Å². The first-order valence-corrected chi connectivity index (χ1v) is 9.46. The summed E-state index contributed by atoms with van der Waals surface area (Å²) in [6.45, 7) is 8.42. The summed E-state index contributed by atoms with van der Waals surface area (Å²) in [5, 5.41) is 21.1. The van der Waals surface area contributed by atoms with Gasteiger partial charge in [-0.15, -0.1) is 0 Å². The molecule has 21 heavy (non-hydrogen) atoms. The lowest BCUT2D eigenvalue weighted by molar-refractivity contribution is -0.315. The fraction of sp³-hybridized carbons (Fsp3) is 1.00. The molecule has 3 aliphatic rings. The van der Waals surface area contributed by atoms with Crippen molar-refractivity contribution in [2.75, 3.05) is 4.43 Å². The average Bonchev–Trinajstić information content (AvgIpc) is 2.40. The molecule has 4 nitrogen and oxygen atoms in total. The van der Waals surface area contributed by atoms with Gasteiger partial charge in [-0.1, -0.05) is 49.3 Å². The van der Waals surface area contributed by atoms with E-state index in [1.54, 1.807) is 0 Å². The minimum absolute atomic E-state index is 0.0598. The second-order valence-electron chi connectivity index (χ2n) is 7.78. The third-order valence-electron chi connectivity index (χ3n) is 5.05. The van der Waals surface area contributed by atoms with Crippen LogP contribution >= 0.6 is 22.6 Å². The summed E-state index contributed by atoms with van der Waals surface area (Å²) in [6, 6.07) is 0. The molecule has 3 fully saturated rings. The number of halogens is 1. The number of rotatable bonds is 1. The average molecular weight is 412 g/mol. The largest absolute Gasteiger partial charge is 0.390 e. The van der Waals surface area contributed by atoms with E-state index in [1.807, 2.05) is 13.8 Å². The second kappa shape index (κ2) is 6.59. The molecule has 5 heteroatoms. The van der Waals surface area contributed by atoms with Crippen LogP contribution in [0, 0.1) is 11.3 Å². The van der Waals surface area contributed by atoms with Crippen LogP contribution in [0.3, 0.4) is 0 Å². The van der Waals surface area contributed by atoms with Crippen LogP contribution in [0.1, 0.15) is 53.4 Å². The van der Waals surface area contributed by atoms with Crippen molar-refractivity contribution < 1.29 is 19.7 Å². The van der Waals surface area contributed by atoms with Gasteiger partial charge < -0.3 is 19.7 Å². The highest BCUT2D eigenvalue weighted by Gasteiger charge is 2.51. The Morgan fingerprint density at radius 3 is 2.29 bits per heavy atom. The van der Waals surface area contributed by atoms with Crippen LogP contribution in [0.2, 0.25) is 0 Å². The van der Waals surface area contributed by atoms with Gasteiger partial charge in [-0.05, 0) is 32.1 Å². The van der Waals surface area contributed by atoms with Gasteiger partial charge in [-0.25, -0.2) is 0 Å². The Bertz CT molecular complexity index is 354. The van der Waals surface area contributed by atoms with E-state index in [9.17, 15) is 10.2 Å². The normalized spacial score (nSPS) is 43.3. The van der Waals surface area contributed by atoms with Crippen molar-refractivity contribution in [3.05, 3.63) is 0 Å². The standard InChI is InChI=1S/C16H29IO4/c1-15(2)7-5-6-8-16(3,4)21-14-13(19)12(18)11(15)10(9-17)20-14/h10-14,18-19H,5-9H2,1-4H3. The molecule has 5 atom stereocenters. The van der Waals surface area contributed by atoms with Crippen LogP contribution < -0.4 is 0 Å². The van der Waals surface area contributed by atoms with E-state index in [0.717, 1.165) is 30.1 Å². The number of fused-ring (bicyclic) bond motifs is 8. The van der Waals surface area contributed by atoms with Gasteiger partial charge in [-0.3, -0.25) is 0 Å². The van der Waals surface area contributed by atoms with E-state index in [4.69, 9.17) is 9.47 Å². The first-order chi connectivity index (χ1) is 9.68. The van der Waals surface area contributed by atoms with Crippen LogP contribution in [0.25, 0.3) is 0 Å². The predicted octanol–water partition coefficient (Wildman–Crippen LogP) is 2.88. The molecule has 0 aromatic carbocycles. The minimum Gasteiger partial charge on any atom is -0.390 e. The summed E-state index contributed by atoms with van der Waals surface area (Å²) in [6.07, 6.45) is 1.56. The smallest absolute Gasteiger partial charge is 0.186 e. The van der Waals surface area contributed by atoms with Crippen LogP contribution in [0.4, 0.5) is 0 Å². The van der Waals surface area contributed by atoms with Gasteiger partial charge in [0.05, 0.1) is 17.8 Å². The Labute approximate surface area is 141 Å². The molecule has 3 aliphatic heterocycles. The van der Waals surface area contributed by atoms with Gasteiger partial charge in [0, 0.05) is 10.3 Å². The Morgan fingerprint density at radius 1 is 1.05 bits per heavy atom. The zero-order chi connectivity index (χ0) is 15.8. The molecule has 0 saturated carbocycles. The lowest BCUT2D eigenvalue weighted by Crippen LogP contribution is -2.60. The number of ether oxygens (including phenoxy) is 2. The maximum Gasteiger partial charge on any atom is 0.186 e. The first-order valence-electron chi connectivity index (χ1n) is 7.93. The Balaban J connectivity index is 2.35. The lowest BCUT2D eigenvalue weighted by Gasteiger charge is -2.49. The molecule has 124 valence electrons. The summed E-state index contributed by atoms with van der Waals surface area (Å²) in [5.41, 5.74) is -0.405. The van der Waals surface area contributed by atoms with Gasteiger partial charge in [0.2, 0.25) is 0 Å². The zero-order valence-electron chi connectivity index (χ0n) is 13.5. The van der Waals surface area contributed by atoms with E-state index < -0.39 is 18.5 Å². The summed E-state index contributed by atoms with van der Waals surface area (Å²) in [5.74, 6) is -0.0644. The molecule has 5 unspecified atom stereocenters. The lowest BCUT2D eigenvalue weighted by atomic mass is 9.68. The van der Waals surface area contributed by atoms with E-state index in [-0.39, 0.29) is 23.0 Å². The molecule has 3 heterocycles. The number of aliphatic hydroxyl groups is 2. The van der Waals surface area contributed by atoms with Crippen molar-refractivity contribution >= 4 is 22.6 Å². The number of hydrogen-bond acceptors (Lipinski definition) is 4. The van der Waals surface area contributed by atoms with Gasteiger partial charge in [0.25, 0.3) is 0 Å². The third-order valence-corrected chi connectivity index (χ3v) is 5.91. The highest BCUT2D eigenvalue weighted by atomic mass is 127. The minimum atomic E-state index is -0.981. The molecular weight excluding hydrogens is 383 g/mol. The molecule has 0 aromatic heterocycles. The van der Waals surface area contributed by atoms with Crippen molar-refractivity contribution in [2.24, 2.45) is 11.3 Å². The highest BCUT2D eigenvalue weighted by molar-refractivity contribution is 14.1. The molecule has 0 aliphatic carbocycles. The van der Waals surface area contributed by atoms with Crippen molar-refractivity contribution in [3.8, 4) is 0 Å². The van der Waals surface area contributed by atoms with Crippen molar-refractivity contribution in [2.45, 2.75) is 83.6 Å². The summed E-state index contributed by atoms with van der Waals surface area (Å²) >= 11 is 2.30. The maximum atomic E-state index is 10.7. The van der Waals surface area contributed by atoms with Gasteiger partial charge in [0.1, 0.15) is 6.10 Å². The maximum absolute atomic E-state index is 10.7. The first kappa shape index (κ1) is 17.9. The van der Waals surface area contributed by atoms with Crippen LogP contribution in [-0.4, -0.2) is 44.8 Å². The molecule has 0 spiro atoms. The fourth-order valence-electron chi connectivity index (χ4n) is 3.80.